The van der Waals surface area contributed by atoms with Gasteiger partial charge in [0.05, 0.1) is 11.2 Å². The predicted octanol–water partition coefficient (Wildman–Crippen LogP) is 5.24. The number of ether oxygens (including phenoxy) is 1. The average Bonchev–Trinajstić information content (AvgIpc) is 3.44. The van der Waals surface area contributed by atoms with Crippen LogP contribution in [0, 0.1) is 0 Å². The molecular formula is C23H32BFN2O5. The van der Waals surface area contributed by atoms with Gasteiger partial charge in [0.1, 0.15) is 11.5 Å². The van der Waals surface area contributed by atoms with Gasteiger partial charge in [-0.1, -0.05) is 26.0 Å². The van der Waals surface area contributed by atoms with E-state index in [0.717, 1.165) is 25.7 Å². The minimum absolute atomic E-state index is 0.0551. The summed E-state index contributed by atoms with van der Waals surface area (Å²) in [6.45, 7) is 15.1. The maximum atomic E-state index is 14.9. The Labute approximate surface area is 189 Å². The van der Waals surface area contributed by atoms with Crippen LogP contribution in [0.25, 0.3) is 5.57 Å². The zero-order valence-electron chi connectivity index (χ0n) is 19.6. The molecule has 1 aliphatic heterocycles. The molecule has 0 aromatic carbocycles. The molecule has 32 heavy (non-hydrogen) atoms. The second-order valence-corrected chi connectivity index (χ2v) is 9.36. The van der Waals surface area contributed by atoms with Crippen molar-refractivity contribution < 1.29 is 27.6 Å². The number of nitrogens with zero attached hydrogens (tertiary/aromatic N) is 2. The van der Waals surface area contributed by atoms with Gasteiger partial charge >= 0.3 is 13.2 Å². The molecule has 1 saturated carbocycles. The zero-order valence-corrected chi connectivity index (χ0v) is 19.6. The number of halogens is 1. The van der Waals surface area contributed by atoms with Crippen LogP contribution in [0.1, 0.15) is 64.8 Å². The van der Waals surface area contributed by atoms with Crippen molar-refractivity contribution in [2.75, 3.05) is 7.05 Å². The molecule has 0 bridgehead atoms. The highest BCUT2D eigenvalue weighted by molar-refractivity contribution is 6.55. The third-order valence-corrected chi connectivity index (χ3v) is 6.58. The van der Waals surface area contributed by atoms with Crippen LogP contribution in [0.4, 0.5) is 9.18 Å². The van der Waals surface area contributed by atoms with Gasteiger partial charge in [0.25, 0.3) is 0 Å². The smallest absolute Gasteiger partial charge is 0.444 e. The number of rotatable bonds is 7. The Hall–Kier alpha value is -2.39. The van der Waals surface area contributed by atoms with Crippen LogP contribution in [0.15, 0.2) is 41.3 Å². The summed E-state index contributed by atoms with van der Waals surface area (Å²) in [6.07, 6.45) is 6.16. The Morgan fingerprint density at radius 1 is 1.28 bits per heavy atom. The Morgan fingerprint density at radius 2 is 1.88 bits per heavy atom. The summed E-state index contributed by atoms with van der Waals surface area (Å²) in [7, 11) is 0.825. The number of aromatic nitrogens is 1. The minimum atomic E-state index is -0.909. The lowest BCUT2D eigenvalue weighted by atomic mass is 9.78. The number of hydrogen-bond acceptors (Lipinski definition) is 6. The molecule has 2 aliphatic rings. The summed E-state index contributed by atoms with van der Waals surface area (Å²) < 4.78 is 37.3. The molecule has 1 aliphatic carbocycles. The number of oxazole rings is 1. The molecule has 1 saturated heterocycles. The fourth-order valence-electron chi connectivity index (χ4n) is 3.72. The first-order chi connectivity index (χ1) is 14.9. The first-order valence-corrected chi connectivity index (χ1v) is 10.9. The van der Waals surface area contributed by atoms with Gasteiger partial charge in [0, 0.05) is 18.6 Å². The van der Waals surface area contributed by atoms with E-state index in [1.54, 1.807) is 11.9 Å². The number of carbonyl (C=O) groups is 1. The van der Waals surface area contributed by atoms with E-state index in [-0.39, 0.29) is 29.5 Å². The summed E-state index contributed by atoms with van der Waals surface area (Å²) in [4.78, 5) is 18.0. The molecule has 1 aromatic heterocycles. The molecule has 0 atom stereocenters. The third-order valence-electron chi connectivity index (χ3n) is 6.58. The predicted molar refractivity (Wildman–Crippen MR) is 120 cm³/mol. The summed E-state index contributed by atoms with van der Waals surface area (Å²) in [6, 6.07) is 0.199. The van der Waals surface area contributed by atoms with Gasteiger partial charge in [-0.2, -0.15) is 0 Å². The van der Waals surface area contributed by atoms with Crippen molar-refractivity contribution in [3.05, 3.63) is 48.4 Å². The zero-order chi connectivity index (χ0) is 23.7. The standard InChI is InChI=1S/C23H32BFN2O5/c1-15(12-18(25)16(2)24-31-22(3,4)23(5,6)32-24)20-19(30-14-26-20)13-29-21(28)27(7)17-10-8-9-11-17/h12,14,17H,1-2,8-11,13H2,3-7H3/b18-12+. The number of hydrogen-bond donors (Lipinski definition) is 0. The topological polar surface area (TPSA) is 74.0 Å². The molecule has 1 amide bonds. The van der Waals surface area contributed by atoms with E-state index in [9.17, 15) is 9.18 Å². The van der Waals surface area contributed by atoms with Crippen LogP contribution in [-0.4, -0.2) is 47.4 Å². The fraction of sp³-hybridized carbons (Fsp3) is 0.565. The SMILES string of the molecule is C=C(B1OC(C)(C)C(C)(C)O1)/C(F)=C\C(=C)c1ncoc1COC(=O)N(C)C1CCCC1. The van der Waals surface area contributed by atoms with E-state index in [0.29, 0.717) is 5.69 Å². The van der Waals surface area contributed by atoms with Crippen molar-refractivity contribution in [3.63, 3.8) is 0 Å². The first kappa shape index (κ1) is 24.3. The molecule has 3 rings (SSSR count). The lowest BCUT2D eigenvalue weighted by Gasteiger charge is -2.32. The van der Waals surface area contributed by atoms with E-state index in [1.165, 1.54) is 12.5 Å². The van der Waals surface area contributed by atoms with Gasteiger partial charge in [-0.25, -0.2) is 14.2 Å². The highest BCUT2D eigenvalue weighted by Gasteiger charge is 2.52. The molecule has 9 heteroatoms. The second kappa shape index (κ2) is 9.23. The summed E-state index contributed by atoms with van der Waals surface area (Å²) in [5.74, 6) is -0.353. The molecule has 2 fully saturated rings. The molecule has 174 valence electrons. The van der Waals surface area contributed by atoms with Crippen LogP contribution in [0.5, 0.6) is 0 Å². The maximum Gasteiger partial charge on any atom is 0.497 e. The Kier molecular flexibility index (Phi) is 7.00. The lowest BCUT2D eigenvalue weighted by Crippen LogP contribution is -2.41. The molecule has 2 heterocycles. The summed E-state index contributed by atoms with van der Waals surface area (Å²) in [5, 5.41) is 0. The van der Waals surface area contributed by atoms with Crippen LogP contribution >= 0.6 is 0 Å². The van der Waals surface area contributed by atoms with Gasteiger partial charge in [-0.15, -0.1) is 0 Å². The van der Waals surface area contributed by atoms with Gasteiger partial charge in [-0.05, 0) is 52.2 Å². The Morgan fingerprint density at radius 3 is 2.47 bits per heavy atom. The van der Waals surface area contributed by atoms with Crippen molar-refractivity contribution in [3.8, 4) is 0 Å². The number of allylic oxidation sites excluding steroid dienone is 4. The minimum Gasteiger partial charge on any atom is -0.444 e. The van der Waals surface area contributed by atoms with Crippen molar-refractivity contribution >= 4 is 18.8 Å². The van der Waals surface area contributed by atoms with Gasteiger partial charge in [-0.3, -0.25) is 0 Å². The van der Waals surface area contributed by atoms with Gasteiger partial charge in [0.2, 0.25) is 0 Å². The quantitative estimate of drug-likeness (QED) is 0.421. The van der Waals surface area contributed by atoms with Crippen LogP contribution in [0.3, 0.4) is 0 Å². The molecule has 0 N–H and O–H groups in total. The highest BCUT2D eigenvalue weighted by atomic mass is 19.1. The number of carbonyl (C=O) groups excluding carboxylic acids is 1. The van der Waals surface area contributed by atoms with E-state index >= 15 is 0 Å². The second-order valence-electron chi connectivity index (χ2n) is 9.36. The van der Waals surface area contributed by atoms with Gasteiger partial charge < -0.3 is 23.4 Å². The highest BCUT2D eigenvalue weighted by Crippen LogP contribution is 2.39. The number of amides is 1. The molecule has 1 aromatic rings. The third kappa shape index (κ3) is 4.99. The normalized spacial score (nSPS) is 20.4. The molecular weight excluding hydrogens is 414 g/mol. The Balaban J connectivity index is 1.62. The largest absolute Gasteiger partial charge is 0.497 e. The summed E-state index contributed by atoms with van der Waals surface area (Å²) in [5.41, 5.74) is -0.596. The average molecular weight is 446 g/mol. The van der Waals surface area contributed by atoms with E-state index in [2.05, 4.69) is 18.1 Å². The molecule has 0 radical (unpaired) electrons. The first-order valence-electron chi connectivity index (χ1n) is 10.9. The van der Waals surface area contributed by atoms with E-state index < -0.39 is 30.2 Å². The lowest BCUT2D eigenvalue weighted by molar-refractivity contribution is 0.00578. The molecule has 0 spiro atoms. The Bertz CT molecular complexity index is 901. The summed E-state index contributed by atoms with van der Waals surface area (Å²) >= 11 is 0. The van der Waals surface area contributed by atoms with Gasteiger partial charge in [0.15, 0.2) is 18.8 Å². The van der Waals surface area contributed by atoms with Crippen molar-refractivity contribution in [2.24, 2.45) is 0 Å². The van der Waals surface area contributed by atoms with E-state index in [4.69, 9.17) is 18.5 Å². The molecule has 0 unspecified atom stereocenters. The monoisotopic (exact) mass is 446 g/mol. The molecule has 7 nitrogen and oxygen atoms in total. The fourth-order valence-corrected chi connectivity index (χ4v) is 3.72. The van der Waals surface area contributed by atoms with Crippen LogP contribution < -0.4 is 0 Å². The van der Waals surface area contributed by atoms with Crippen LogP contribution in [0.2, 0.25) is 0 Å². The maximum absolute atomic E-state index is 14.9. The van der Waals surface area contributed by atoms with Crippen molar-refractivity contribution in [1.82, 2.24) is 9.88 Å². The van der Waals surface area contributed by atoms with Crippen molar-refractivity contribution in [2.45, 2.75) is 77.2 Å². The van der Waals surface area contributed by atoms with E-state index in [1.807, 2.05) is 27.7 Å². The van der Waals surface area contributed by atoms with Crippen LogP contribution in [-0.2, 0) is 20.7 Å². The van der Waals surface area contributed by atoms with Crippen molar-refractivity contribution in [1.29, 1.82) is 0 Å².